The standard InChI is InChI=1S/C15H12F/c16-15-10-13(11-6-7-11)8-9-14(15)12-4-2-1-3-5-12/h1-5,8-9,11H,6-7H2. The Kier molecular flexibility index (Phi) is 2.24. The Bertz CT molecular complexity index is 498. The molecule has 0 heterocycles. The topological polar surface area (TPSA) is 0 Å². The van der Waals surface area contributed by atoms with E-state index >= 15 is 0 Å². The maximum atomic E-state index is 13.9. The molecular weight excluding hydrogens is 199 g/mol. The van der Waals surface area contributed by atoms with E-state index in [1.54, 1.807) is 0 Å². The summed E-state index contributed by atoms with van der Waals surface area (Å²) in [5.74, 6) is 0.329. The average Bonchev–Trinajstić information content (AvgIpc) is 3.14. The van der Waals surface area contributed by atoms with Crippen LogP contribution in [0.3, 0.4) is 0 Å². The summed E-state index contributed by atoms with van der Waals surface area (Å²) in [6.45, 7) is 0. The van der Waals surface area contributed by atoms with Gasteiger partial charge in [0, 0.05) is 11.6 Å². The van der Waals surface area contributed by atoms with E-state index in [9.17, 15) is 4.39 Å². The van der Waals surface area contributed by atoms with Gasteiger partial charge in [-0.05, 0) is 29.9 Å². The molecule has 1 heteroatoms. The van der Waals surface area contributed by atoms with Crippen LogP contribution in [0.1, 0.15) is 24.3 Å². The van der Waals surface area contributed by atoms with Gasteiger partial charge in [-0.25, -0.2) is 4.39 Å². The molecule has 3 rings (SSSR count). The van der Waals surface area contributed by atoms with E-state index in [0.29, 0.717) is 11.5 Å². The lowest BCUT2D eigenvalue weighted by atomic mass is 10.0. The second-order valence-electron chi connectivity index (χ2n) is 4.28. The van der Waals surface area contributed by atoms with Crippen molar-refractivity contribution in [1.82, 2.24) is 0 Å². The summed E-state index contributed by atoms with van der Waals surface area (Å²) < 4.78 is 13.9. The second kappa shape index (κ2) is 3.75. The van der Waals surface area contributed by atoms with Gasteiger partial charge in [-0.1, -0.05) is 42.5 Å². The van der Waals surface area contributed by atoms with Crippen molar-refractivity contribution in [2.24, 2.45) is 0 Å². The van der Waals surface area contributed by atoms with Crippen LogP contribution in [-0.4, -0.2) is 0 Å². The Balaban J connectivity index is 2.02. The molecule has 0 unspecified atom stereocenters. The molecular formula is C15H12F. The highest BCUT2D eigenvalue weighted by atomic mass is 19.1. The summed E-state index contributed by atoms with van der Waals surface area (Å²) in [6, 6.07) is 16.4. The third-order valence-electron chi connectivity index (χ3n) is 3.02. The molecule has 2 aromatic rings. The van der Waals surface area contributed by atoms with Crippen LogP contribution in [-0.2, 0) is 0 Å². The van der Waals surface area contributed by atoms with Crippen molar-refractivity contribution in [2.45, 2.75) is 18.8 Å². The van der Waals surface area contributed by atoms with E-state index < -0.39 is 0 Å². The number of benzene rings is 2. The van der Waals surface area contributed by atoms with Gasteiger partial charge in [0.25, 0.3) is 0 Å². The van der Waals surface area contributed by atoms with Crippen molar-refractivity contribution in [1.29, 1.82) is 0 Å². The third-order valence-corrected chi connectivity index (χ3v) is 3.02. The minimum atomic E-state index is -0.226. The first kappa shape index (κ1) is 9.59. The Morgan fingerprint density at radius 1 is 1.00 bits per heavy atom. The van der Waals surface area contributed by atoms with Crippen LogP contribution in [0.5, 0.6) is 0 Å². The Labute approximate surface area is 94.7 Å². The maximum absolute atomic E-state index is 13.9. The van der Waals surface area contributed by atoms with E-state index in [0.717, 1.165) is 11.1 Å². The number of rotatable bonds is 2. The first-order chi connectivity index (χ1) is 7.84. The summed E-state index contributed by atoms with van der Waals surface area (Å²) in [5, 5.41) is 0. The number of hydrogen-bond donors (Lipinski definition) is 0. The second-order valence-corrected chi connectivity index (χ2v) is 4.28. The molecule has 16 heavy (non-hydrogen) atoms. The lowest BCUT2D eigenvalue weighted by Gasteiger charge is -2.05. The molecule has 1 aliphatic rings. The zero-order chi connectivity index (χ0) is 11.0. The third kappa shape index (κ3) is 1.73. The predicted octanol–water partition coefficient (Wildman–Crippen LogP) is 4.17. The van der Waals surface area contributed by atoms with Gasteiger partial charge in [0.15, 0.2) is 0 Å². The highest BCUT2D eigenvalue weighted by Crippen LogP contribution is 2.40. The van der Waals surface area contributed by atoms with Gasteiger partial charge in [0.1, 0.15) is 5.82 Å². The van der Waals surface area contributed by atoms with Gasteiger partial charge < -0.3 is 0 Å². The van der Waals surface area contributed by atoms with Gasteiger partial charge in [0.05, 0.1) is 0 Å². The smallest absolute Gasteiger partial charge is 0.139 e. The molecule has 1 aliphatic carbocycles. The fraction of sp³-hybridized carbons (Fsp3) is 0.200. The molecule has 0 amide bonds. The van der Waals surface area contributed by atoms with E-state index in [1.165, 1.54) is 12.8 Å². The average molecular weight is 211 g/mol. The van der Waals surface area contributed by atoms with E-state index in [1.807, 2.05) is 42.5 Å². The van der Waals surface area contributed by atoms with Crippen LogP contribution < -0.4 is 0 Å². The van der Waals surface area contributed by atoms with Crippen molar-refractivity contribution in [2.75, 3.05) is 0 Å². The summed E-state index contributed by atoms with van der Waals surface area (Å²) >= 11 is 0. The monoisotopic (exact) mass is 211 g/mol. The van der Waals surface area contributed by atoms with Crippen molar-refractivity contribution < 1.29 is 4.39 Å². The summed E-state index contributed by atoms with van der Waals surface area (Å²) in [4.78, 5) is 0. The highest BCUT2D eigenvalue weighted by Gasteiger charge is 2.24. The molecule has 1 saturated carbocycles. The normalized spacial score (nSPS) is 15.1. The lowest BCUT2D eigenvalue weighted by molar-refractivity contribution is 0.626. The summed E-state index contributed by atoms with van der Waals surface area (Å²) in [5.41, 5.74) is 2.58. The zero-order valence-corrected chi connectivity index (χ0v) is 8.91. The van der Waals surface area contributed by atoms with E-state index in [-0.39, 0.29) is 5.82 Å². The SMILES string of the molecule is Fc1[c]c(C2CC2)ccc1-c1ccccc1. The fourth-order valence-corrected chi connectivity index (χ4v) is 1.96. The summed E-state index contributed by atoms with van der Waals surface area (Å²) in [7, 11) is 0. The Morgan fingerprint density at radius 2 is 1.75 bits per heavy atom. The highest BCUT2D eigenvalue weighted by molar-refractivity contribution is 5.64. The molecule has 0 N–H and O–H groups in total. The maximum Gasteiger partial charge on any atom is 0.139 e. The van der Waals surface area contributed by atoms with Crippen LogP contribution in [0.2, 0.25) is 0 Å². The number of hydrogen-bond acceptors (Lipinski definition) is 0. The van der Waals surface area contributed by atoms with Crippen LogP contribution in [0.25, 0.3) is 11.1 Å². The molecule has 0 aliphatic heterocycles. The first-order valence-corrected chi connectivity index (χ1v) is 5.62. The van der Waals surface area contributed by atoms with Crippen LogP contribution in [0.4, 0.5) is 4.39 Å². The van der Waals surface area contributed by atoms with Crippen molar-refractivity contribution >= 4 is 0 Å². The van der Waals surface area contributed by atoms with Gasteiger partial charge in [0.2, 0.25) is 0 Å². The largest absolute Gasteiger partial charge is 0.206 e. The van der Waals surface area contributed by atoms with Crippen LogP contribution in [0, 0.1) is 11.9 Å². The minimum absolute atomic E-state index is 0.226. The molecule has 0 aromatic heterocycles. The molecule has 0 saturated heterocycles. The van der Waals surface area contributed by atoms with Gasteiger partial charge in [-0.3, -0.25) is 0 Å². The molecule has 79 valence electrons. The molecule has 0 spiro atoms. The summed E-state index contributed by atoms with van der Waals surface area (Å²) in [6.07, 6.45) is 2.36. The molecule has 0 nitrogen and oxygen atoms in total. The first-order valence-electron chi connectivity index (χ1n) is 5.62. The molecule has 0 bridgehead atoms. The molecule has 0 atom stereocenters. The lowest BCUT2D eigenvalue weighted by Crippen LogP contribution is -1.88. The van der Waals surface area contributed by atoms with Gasteiger partial charge >= 0.3 is 0 Å². The predicted molar refractivity (Wildman–Crippen MR) is 62.6 cm³/mol. The van der Waals surface area contributed by atoms with Crippen molar-refractivity contribution in [3.8, 4) is 11.1 Å². The fourth-order valence-electron chi connectivity index (χ4n) is 1.96. The van der Waals surface area contributed by atoms with Gasteiger partial charge in [-0.15, -0.1) is 0 Å². The molecule has 1 radical (unpaired) electrons. The van der Waals surface area contributed by atoms with E-state index in [2.05, 4.69) is 6.07 Å². The van der Waals surface area contributed by atoms with Crippen LogP contribution in [0.15, 0.2) is 42.5 Å². The van der Waals surface area contributed by atoms with Crippen molar-refractivity contribution in [3.63, 3.8) is 0 Å². The van der Waals surface area contributed by atoms with E-state index in [4.69, 9.17) is 0 Å². The van der Waals surface area contributed by atoms with Gasteiger partial charge in [-0.2, -0.15) is 0 Å². The Hall–Kier alpha value is -1.63. The van der Waals surface area contributed by atoms with Crippen LogP contribution >= 0.6 is 0 Å². The minimum Gasteiger partial charge on any atom is -0.206 e. The van der Waals surface area contributed by atoms with Crippen molar-refractivity contribution in [3.05, 3.63) is 59.9 Å². The molecule has 2 aromatic carbocycles. The zero-order valence-electron chi connectivity index (χ0n) is 8.91. The number of halogens is 1. The Morgan fingerprint density at radius 3 is 2.38 bits per heavy atom. The molecule has 1 fully saturated rings. The quantitative estimate of drug-likeness (QED) is 0.699.